The Bertz CT molecular complexity index is 821. The van der Waals surface area contributed by atoms with Crippen LogP contribution < -0.4 is 5.32 Å². The summed E-state index contributed by atoms with van der Waals surface area (Å²) >= 11 is 10.9. The van der Waals surface area contributed by atoms with Gasteiger partial charge < -0.3 is 5.32 Å². The van der Waals surface area contributed by atoms with Gasteiger partial charge in [-0.05, 0) is 58.2 Å². The van der Waals surface area contributed by atoms with Crippen LogP contribution in [0, 0.1) is 5.82 Å². The number of nitrogens with one attached hydrogen (secondary N) is 1. The predicted octanol–water partition coefficient (Wildman–Crippen LogP) is 5.55. The highest BCUT2D eigenvalue weighted by atomic mass is 79.9. The molecule has 0 saturated carbocycles. The van der Waals surface area contributed by atoms with Crippen LogP contribution in [0.5, 0.6) is 0 Å². The van der Waals surface area contributed by atoms with E-state index in [1.165, 1.54) is 17.0 Å². The van der Waals surface area contributed by atoms with E-state index < -0.39 is 0 Å². The molecule has 2 heterocycles. The molecule has 0 aliphatic heterocycles. The minimum atomic E-state index is -0.304. The van der Waals surface area contributed by atoms with E-state index in [-0.39, 0.29) is 11.1 Å². The SMILES string of the molecule is CCc1cc2c(Nc3ccc(F)cc3Br)nc(Cl)nc2s1. The molecule has 0 spiro atoms. The van der Waals surface area contributed by atoms with Gasteiger partial charge in [-0.2, -0.15) is 4.98 Å². The number of aromatic nitrogens is 2. The smallest absolute Gasteiger partial charge is 0.225 e. The van der Waals surface area contributed by atoms with E-state index in [0.29, 0.717) is 10.3 Å². The van der Waals surface area contributed by atoms with Crippen molar-refractivity contribution in [2.75, 3.05) is 5.32 Å². The van der Waals surface area contributed by atoms with Crippen LogP contribution in [0.2, 0.25) is 5.28 Å². The molecule has 3 nitrogen and oxygen atoms in total. The molecular weight excluding hydrogens is 377 g/mol. The summed E-state index contributed by atoms with van der Waals surface area (Å²) in [5.41, 5.74) is 0.719. The van der Waals surface area contributed by atoms with Crippen LogP contribution in [0.3, 0.4) is 0 Å². The van der Waals surface area contributed by atoms with Crippen molar-refractivity contribution in [3.63, 3.8) is 0 Å². The number of hydrogen-bond acceptors (Lipinski definition) is 4. The van der Waals surface area contributed by atoms with E-state index in [0.717, 1.165) is 22.3 Å². The molecule has 3 aromatic rings. The van der Waals surface area contributed by atoms with Gasteiger partial charge in [-0.25, -0.2) is 9.37 Å². The average molecular weight is 387 g/mol. The lowest BCUT2D eigenvalue weighted by Gasteiger charge is -2.09. The number of benzene rings is 1. The Morgan fingerprint density at radius 1 is 1.33 bits per heavy atom. The van der Waals surface area contributed by atoms with Crippen LogP contribution in [-0.2, 0) is 6.42 Å². The minimum absolute atomic E-state index is 0.188. The zero-order chi connectivity index (χ0) is 15.0. The summed E-state index contributed by atoms with van der Waals surface area (Å²) in [7, 11) is 0. The Kier molecular flexibility index (Phi) is 4.10. The van der Waals surface area contributed by atoms with E-state index in [1.807, 2.05) is 0 Å². The summed E-state index contributed by atoms with van der Waals surface area (Å²) in [6, 6.07) is 6.48. The van der Waals surface area contributed by atoms with Gasteiger partial charge in [-0.15, -0.1) is 11.3 Å². The van der Waals surface area contributed by atoms with Crippen LogP contribution in [0.15, 0.2) is 28.7 Å². The summed E-state index contributed by atoms with van der Waals surface area (Å²) in [5.74, 6) is 0.315. The monoisotopic (exact) mass is 385 g/mol. The van der Waals surface area contributed by atoms with Crippen molar-refractivity contribution in [1.82, 2.24) is 9.97 Å². The maximum atomic E-state index is 13.1. The van der Waals surface area contributed by atoms with Crippen molar-refractivity contribution < 1.29 is 4.39 Å². The maximum absolute atomic E-state index is 13.1. The third kappa shape index (κ3) is 3.02. The van der Waals surface area contributed by atoms with E-state index in [2.05, 4.69) is 44.2 Å². The molecule has 1 N–H and O–H groups in total. The summed E-state index contributed by atoms with van der Waals surface area (Å²) in [6.45, 7) is 2.09. The quantitative estimate of drug-likeness (QED) is 0.599. The van der Waals surface area contributed by atoms with Gasteiger partial charge in [-0.3, -0.25) is 0 Å². The molecule has 0 aliphatic rings. The standard InChI is InChI=1S/C14H10BrClFN3S/c1-2-8-6-9-12(19-14(16)20-13(9)21-8)18-11-4-3-7(17)5-10(11)15/h3-6H,2H2,1H3,(H,18,19,20). The Labute approximate surface area is 138 Å². The van der Waals surface area contributed by atoms with Gasteiger partial charge in [-0.1, -0.05) is 6.92 Å². The average Bonchev–Trinajstić information content (AvgIpc) is 2.85. The van der Waals surface area contributed by atoms with Gasteiger partial charge in [0.05, 0.1) is 11.1 Å². The first-order valence-corrected chi connectivity index (χ1v) is 8.23. The zero-order valence-corrected chi connectivity index (χ0v) is 14.1. The molecule has 0 aliphatic carbocycles. The second-order valence-electron chi connectivity index (χ2n) is 4.38. The highest BCUT2D eigenvalue weighted by Crippen LogP contribution is 2.33. The summed E-state index contributed by atoms with van der Waals surface area (Å²) < 4.78 is 13.8. The van der Waals surface area contributed by atoms with Gasteiger partial charge >= 0.3 is 0 Å². The van der Waals surface area contributed by atoms with Crippen molar-refractivity contribution in [3.8, 4) is 0 Å². The van der Waals surface area contributed by atoms with Crippen LogP contribution in [0.4, 0.5) is 15.9 Å². The van der Waals surface area contributed by atoms with Gasteiger partial charge in [0.1, 0.15) is 16.5 Å². The van der Waals surface area contributed by atoms with E-state index >= 15 is 0 Å². The predicted molar refractivity (Wildman–Crippen MR) is 89.2 cm³/mol. The second-order valence-corrected chi connectivity index (χ2v) is 6.68. The lowest BCUT2D eigenvalue weighted by molar-refractivity contribution is 0.627. The fraction of sp³-hybridized carbons (Fsp3) is 0.143. The summed E-state index contributed by atoms with van der Waals surface area (Å²) in [5, 5.41) is 4.28. The molecule has 0 bridgehead atoms. The van der Waals surface area contributed by atoms with Crippen molar-refractivity contribution in [2.24, 2.45) is 0 Å². The number of anilines is 2. The first-order chi connectivity index (χ1) is 10.1. The van der Waals surface area contributed by atoms with Gasteiger partial charge in [0.25, 0.3) is 0 Å². The number of halogens is 3. The maximum Gasteiger partial charge on any atom is 0.225 e. The number of nitrogens with zero attached hydrogens (tertiary/aromatic N) is 2. The summed E-state index contributed by atoms with van der Waals surface area (Å²) in [4.78, 5) is 10.5. The first kappa shape index (κ1) is 14.7. The molecule has 7 heteroatoms. The van der Waals surface area contributed by atoms with Crippen LogP contribution in [0.1, 0.15) is 11.8 Å². The fourth-order valence-electron chi connectivity index (χ4n) is 1.93. The molecule has 108 valence electrons. The van der Waals surface area contributed by atoms with Crippen LogP contribution in [0.25, 0.3) is 10.2 Å². The highest BCUT2D eigenvalue weighted by Gasteiger charge is 2.12. The molecular formula is C14H10BrClFN3S. The van der Waals surface area contributed by atoms with E-state index in [9.17, 15) is 4.39 Å². The Morgan fingerprint density at radius 3 is 2.86 bits per heavy atom. The molecule has 0 fully saturated rings. The number of thiophene rings is 1. The highest BCUT2D eigenvalue weighted by molar-refractivity contribution is 9.10. The molecule has 3 rings (SSSR count). The largest absolute Gasteiger partial charge is 0.339 e. The number of aryl methyl sites for hydroxylation is 1. The van der Waals surface area contributed by atoms with Crippen LogP contribution in [-0.4, -0.2) is 9.97 Å². The molecule has 0 radical (unpaired) electrons. The van der Waals surface area contributed by atoms with Crippen molar-refractivity contribution >= 4 is 60.6 Å². The zero-order valence-electron chi connectivity index (χ0n) is 11.0. The summed E-state index contributed by atoms with van der Waals surface area (Å²) in [6.07, 6.45) is 0.929. The second kappa shape index (κ2) is 5.87. The van der Waals surface area contributed by atoms with Gasteiger partial charge in [0, 0.05) is 9.35 Å². The Balaban J connectivity index is 2.08. The number of hydrogen-bond donors (Lipinski definition) is 1. The molecule has 0 saturated heterocycles. The Morgan fingerprint density at radius 2 is 2.14 bits per heavy atom. The number of fused-ring (bicyclic) bond motifs is 1. The molecule has 21 heavy (non-hydrogen) atoms. The molecule has 0 unspecified atom stereocenters. The third-order valence-corrected chi connectivity index (χ3v) is 4.95. The molecule has 0 amide bonds. The van der Waals surface area contributed by atoms with Gasteiger partial charge in [0.15, 0.2) is 0 Å². The molecule has 2 aromatic heterocycles. The normalized spacial score (nSPS) is 11.0. The fourth-order valence-corrected chi connectivity index (χ4v) is 3.57. The molecule has 1 aromatic carbocycles. The van der Waals surface area contributed by atoms with Crippen molar-refractivity contribution in [2.45, 2.75) is 13.3 Å². The van der Waals surface area contributed by atoms with Crippen molar-refractivity contribution in [3.05, 3.63) is 44.7 Å². The lowest BCUT2D eigenvalue weighted by atomic mass is 10.3. The van der Waals surface area contributed by atoms with Gasteiger partial charge in [0.2, 0.25) is 5.28 Å². The van der Waals surface area contributed by atoms with Crippen molar-refractivity contribution in [1.29, 1.82) is 0 Å². The minimum Gasteiger partial charge on any atom is -0.339 e. The topological polar surface area (TPSA) is 37.8 Å². The first-order valence-electron chi connectivity index (χ1n) is 6.25. The van der Waals surface area contributed by atoms with E-state index in [4.69, 9.17) is 11.6 Å². The van der Waals surface area contributed by atoms with Crippen LogP contribution >= 0.6 is 38.9 Å². The van der Waals surface area contributed by atoms with E-state index in [1.54, 1.807) is 17.4 Å². The number of rotatable bonds is 3. The Hall–Kier alpha value is -1.24. The molecule has 0 atom stereocenters. The third-order valence-electron chi connectivity index (χ3n) is 2.95. The lowest BCUT2D eigenvalue weighted by Crippen LogP contribution is -1.97.